The average Bonchev–Trinajstić information content (AvgIpc) is 2.38. The summed E-state index contributed by atoms with van der Waals surface area (Å²) in [4.78, 5) is 3.94. The number of benzene rings is 2. The maximum atomic E-state index is 12.6. The van der Waals surface area contributed by atoms with Crippen molar-refractivity contribution < 1.29 is 18.3 Å². The third-order valence-electron chi connectivity index (χ3n) is 2.52. The van der Waals surface area contributed by atoms with Crippen molar-refractivity contribution >= 4 is 23.5 Å². The van der Waals surface area contributed by atoms with Gasteiger partial charge in [-0.2, -0.15) is 13.2 Å². The largest absolute Gasteiger partial charge is 0.508 e. The highest BCUT2D eigenvalue weighted by Gasteiger charge is 2.30. The van der Waals surface area contributed by atoms with Crippen molar-refractivity contribution in [3.05, 3.63) is 58.6 Å². The molecule has 0 saturated heterocycles. The second-order valence-corrected chi connectivity index (χ2v) is 4.42. The molecule has 2 rings (SSSR count). The lowest BCUT2D eigenvalue weighted by molar-refractivity contribution is -0.137. The highest BCUT2D eigenvalue weighted by molar-refractivity contribution is 6.33. The number of rotatable bonds is 2. The minimum Gasteiger partial charge on any atom is -0.508 e. The summed E-state index contributed by atoms with van der Waals surface area (Å²) in [5.41, 5.74) is -0.134. The molecule has 6 heteroatoms. The minimum atomic E-state index is -4.44. The number of hydrogen-bond acceptors (Lipinski definition) is 2. The normalized spacial score (nSPS) is 12.0. The van der Waals surface area contributed by atoms with E-state index in [1.807, 2.05) is 0 Å². The average molecular weight is 300 g/mol. The van der Waals surface area contributed by atoms with E-state index in [4.69, 9.17) is 16.7 Å². The molecule has 0 aliphatic heterocycles. The second-order valence-electron chi connectivity index (χ2n) is 4.01. The van der Waals surface area contributed by atoms with Crippen molar-refractivity contribution in [2.45, 2.75) is 6.18 Å². The van der Waals surface area contributed by atoms with E-state index >= 15 is 0 Å². The molecule has 0 heterocycles. The van der Waals surface area contributed by atoms with E-state index < -0.39 is 11.7 Å². The van der Waals surface area contributed by atoms with E-state index in [9.17, 15) is 13.2 Å². The number of phenolic OH excluding ortho intramolecular Hbond substituents is 1. The van der Waals surface area contributed by atoms with E-state index in [1.165, 1.54) is 18.3 Å². The lowest BCUT2D eigenvalue weighted by Crippen LogP contribution is -2.04. The van der Waals surface area contributed by atoms with Gasteiger partial charge in [-0.25, -0.2) is 0 Å². The fourth-order valence-corrected chi connectivity index (χ4v) is 1.66. The zero-order valence-electron chi connectivity index (χ0n) is 10.0. The Labute approximate surface area is 118 Å². The van der Waals surface area contributed by atoms with Gasteiger partial charge in [0.25, 0.3) is 0 Å². The standard InChI is InChI=1S/C14H9ClF3NO/c15-12-6-3-10(14(16,17)18)7-13(12)19-8-9-1-4-11(20)5-2-9/h1-8,20H. The number of alkyl halides is 3. The van der Waals surface area contributed by atoms with Crippen molar-refractivity contribution in [1.82, 2.24) is 0 Å². The van der Waals surface area contributed by atoms with Gasteiger partial charge < -0.3 is 5.11 Å². The first-order valence-corrected chi connectivity index (χ1v) is 5.94. The highest BCUT2D eigenvalue weighted by atomic mass is 35.5. The number of nitrogens with zero attached hydrogens (tertiary/aromatic N) is 1. The molecule has 0 unspecified atom stereocenters. The van der Waals surface area contributed by atoms with Crippen molar-refractivity contribution in [1.29, 1.82) is 0 Å². The topological polar surface area (TPSA) is 32.6 Å². The van der Waals surface area contributed by atoms with Gasteiger partial charge in [0.1, 0.15) is 5.75 Å². The van der Waals surface area contributed by atoms with E-state index in [-0.39, 0.29) is 16.5 Å². The lowest BCUT2D eigenvalue weighted by Gasteiger charge is -2.07. The predicted octanol–water partition coefficient (Wildman–Crippen LogP) is 4.82. The molecule has 0 fully saturated rings. The van der Waals surface area contributed by atoms with Crippen LogP contribution in [0.15, 0.2) is 47.5 Å². The second kappa shape index (κ2) is 5.54. The fraction of sp³-hybridized carbons (Fsp3) is 0.0714. The first-order chi connectivity index (χ1) is 9.36. The predicted molar refractivity (Wildman–Crippen MR) is 71.8 cm³/mol. The Morgan fingerprint density at radius 1 is 1.05 bits per heavy atom. The van der Waals surface area contributed by atoms with Crippen molar-refractivity contribution in [2.75, 3.05) is 0 Å². The van der Waals surface area contributed by atoms with Crippen LogP contribution in [-0.4, -0.2) is 11.3 Å². The van der Waals surface area contributed by atoms with Crippen LogP contribution in [0.4, 0.5) is 18.9 Å². The minimum absolute atomic E-state index is 0.0366. The molecule has 0 aliphatic rings. The van der Waals surface area contributed by atoms with Crippen LogP contribution in [0.25, 0.3) is 0 Å². The Hall–Kier alpha value is -2.01. The molecular weight excluding hydrogens is 291 g/mol. The van der Waals surface area contributed by atoms with Crippen LogP contribution in [0.2, 0.25) is 5.02 Å². The van der Waals surface area contributed by atoms with E-state index in [0.29, 0.717) is 5.56 Å². The first kappa shape index (κ1) is 14.4. The van der Waals surface area contributed by atoms with Gasteiger partial charge in [-0.05, 0) is 48.0 Å². The van der Waals surface area contributed by atoms with Crippen LogP contribution in [-0.2, 0) is 6.18 Å². The number of aromatic hydroxyl groups is 1. The zero-order valence-corrected chi connectivity index (χ0v) is 10.8. The summed E-state index contributed by atoms with van der Waals surface area (Å²) < 4.78 is 37.8. The molecule has 2 aromatic carbocycles. The molecule has 0 aromatic heterocycles. The third-order valence-corrected chi connectivity index (χ3v) is 2.84. The van der Waals surface area contributed by atoms with Gasteiger partial charge in [-0.3, -0.25) is 4.99 Å². The molecule has 0 radical (unpaired) electrons. The summed E-state index contributed by atoms with van der Waals surface area (Å²) in [5.74, 6) is 0.0965. The number of phenols is 1. The Kier molecular flexibility index (Phi) is 3.99. The van der Waals surface area contributed by atoms with E-state index in [0.717, 1.165) is 18.2 Å². The molecule has 2 aromatic rings. The van der Waals surface area contributed by atoms with E-state index in [2.05, 4.69) is 4.99 Å². The first-order valence-electron chi connectivity index (χ1n) is 5.56. The quantitative estimate of drug-likeness (QED) is 0.793. The van der Waals surface area contributed by atoms with Gasteiger partial charge in [-0.15, -0.1) is 0 Å². The van der Waals surface area contributed by atoms with Crippen LogP contribution in [0, 0.1) is 0 Å². The Balaban J connectivity index is 2.31. The van der Waals surface area contributed by atoms with Crippen LogP contribution in [0.3, 0.4) is 0 Å². The summed E-state index contributed by atoms with van der Waals surface area (Å²) in [6.45, 7) is 0. The lowest BCUT2D eigenvalue weighted by atomic mass is 10.2. The monoisotopic (exact) mass is 299 g/mol. The van der Waals surface area contributed by atoms with Crippen molar-refractivity contribution in [3.8, 4) is 5.75 Å². The maximum Gasteiger partial charge on any atom is 0.416 e. The molecule has 104 valence electrons. The summed E-state index contributed by atoms with van der Waals surface area (Å²) >= 11 is 5.82. The molecule has 2 nitrogen and oxygen atoms in total. The van der Waals surface area contributed by atoms with Gasteiger partial charge >= 0.3 is 6.18 Å². The highest BCUT2D eigenvalue weighted by Crippen LogP contribution is 2.34. The summed E-state index contributed by atoms with van der Waals surface area (Å²) in [5, 5.41) is 9.25. The van der Waals surface area contributed by atoms with Crippen molar-refractivity contribution in [2.24, 2.45) is 4.99 Å². The Morgan fingerprint density at radius 3 is 2.30 bits per heavy atom. The molecule has 0 bridgehead atoms. The molecule has 0 amide bonds. The van der Waals surface area contributed by atoms with Crippen molar-refractivity contribution in [3.63, 3.8) is 0 Å². The number of halogens is 4. The molecular formula is C14H9ClF3NO. The number of aliphatic imine (C=N–C) groups is 1. The van der Waals surface area contributed by atoms with Crippen LogP contribution in [0.1, 0.15) is 11.1 Å². The molecule has 1 N–H and O–H groups in total. The molecule has 20 heavy (non-hydrogen) atoms. The van der Waals surface area contributed by atoms with Crippen LogP contribution < -0.4 is 0 Å². The molecule has 0 atom stereocenters. The van der Waals surface area contributed by atoms with Gasteiger partial charge in [0.2, 0.25) is 0 Å². The fourth-order valence-electron chi connectivity index (χ4n) is 1.49. The van der Waals surface area contributed by atoms with Gasteiger partial charge in [-0.1, -0.05) is 11.6 Å². The summed E-state index contributed by atoms with van der Waals surface area (Å²) in [7, 11) is 0. The smallest absolute Gasteiger partial charge is 0.416 e. The maximum absolute atomic E-state index is 12.6. The third kappa shape index (κ3) is 3.51. The van der Waals surface area contributed by atoms with E-state index in [1.54, 1.807) is 12.1 Å². The Morgan fingerprint density at radius 2 is 1.70 bits per heavy atom. The number of hydrogen-bond donors (Lipinski definition) is 1. The van der Waals surface area contributed by atoms with Crippen LogP contribution in [0.5, 0.6) is 5.75 Å². The zero-order chi connectivity index (χ0) is 14.8. The summed E-state index contributed by atoms with van der Waals surface area (Å²) in [6, 6.07) is 9.03. The molecule has 0 saturated carbocycles. The Bertz CT molecular complexity index is 636. The summed E-state index contributed by atoms with van der Waals surface area (Å²) in [6.07, 6.45) is -3.06. The SMILES string of the molecule is Oc1ccc(C=Nc2cc(C(F)(F)F)ccc2Cl)cc1. The van der Waals surface area contributed by atoms with Gasteiger partial charge in [0, 0.05) is 6.21 Å². The van der Waals surface area contributed by atoms with Gasteiger partial charge in [0.05, 0.1) is 16.3 Å². The molecule has 0 spiro atoms. The van der Waals surface area contributed by atoms with Crippen LogP contribution >= 0.6 is 11.6 Å². The van der Waals surface area contributed by atoms with Gasteiger partial charge in [0.15, 0.2) is 0 Å². The molecule has 0 aliphatic carbocycles.